The molecule has 2 rings (SSSR count). The smallest absolute Gasteiger partial charge is 0.354 e. The number of likely N-dealkylation sites (N-methyl/N-ethyl adjacent to an activating group) is 1. The van der Waals surface area contributed by atoms with Crippen LogP contribution in [0.3, 0.4) is 0 Å². The SMILES string of the molecule is CN(CC(=O)NC1CC1)C(=O)c1nc[nH]c1C(=O)O. The van der Waals surface area contributed by atoms with Gasteiger partial charge in [-0.05, 0) is 12.8 Å². The predicted molar refractivity (Wildman–Crippen MR) is 63.7 cm³/mol. The van der Waals surface area contributed by atoms with Gasteiger partial charge in [0, 0.05) is 13.1 Å². The fourth-order valence-electron chi connectivity index (χ4n) is 1.59. The van der Waals surface area contributed by atoms with Gasteiger partial charge in [-0.25, -0.2) is 9.78 Å². The van der Waals surface area contributed by atoms with Gasteiger partial charge in [0.15, 0.2) is 11.4 Å². The van der Waals surface area contributed by atoms with E-state index in [1.54, 1.807) is 0 Å². The molecule has 0 atom stereocenters. The van der Waals surface area contributed by atoms with Crippen LogP contribution in [0.15, 0.2) is 6.33 Å². The summed E-state index contributed by atoms with van der Waals surface area (Å²) in [5, 5.41) is 11.6. The zero-order valence-electron chi connectivity index (χ0n) is 10.3. The lowest BCUT2D eigenvalue weighted by Gasteiger charge is -2.15. The number of hydrogen-bond acceptors (Lipinski definition) is 4. The van der Waals surface area contributed by atoms with Gasteiger partial charge in [0.25, 0.3) is 5.91 Å². The monoisotopic (exact) mass is 266 g/mol. The Labute approximate surface area is 108 Å². The van der Waals surface area contributed by atoms with E-state index in [9.17, 15) is 14.4 Å². The first-order valence-corrected chi connectivity index (χ1v) is 5.80. The molecule has 0 saturated heterocycles. The van der Waals surface area contributed by atoms with Gasteiger partial charge < -0.3 is 20.3 Å². The fourth-order valence-corrected chi connectivity index (χ4v) is 1.59. The third-order valence-corrected chi connectivity index (χ3v) is 2.73. The number of H-pyrrole nitrogens is 1. The highest BCUT2D eigenvalue weighted by molar-refractivity contribution is 6.03. The maximum atomic E-state index is 12.0. The summed E-state index contributed by atoms with van der Waals surface area (Å²) in [5.41, 5.74) is -0.478. The number of aromatic amines is 1. The summed E-state index contributed by atoms with van der Waals surface area (Å²) >= 11 is 0. The highest BCUT2D eigenvalue weighted by Crippen LogP contribution is 2.18. The molecule has 1 aliphatic carbocycles. The number of carboxylic acids is 1. The molecule has 2 amide bonds. The van der Waals surface area contributed by atoms with Gasteiger partial charge in [-0.3, -0.25) is 9.59 Å². The van der Waals surface area contributed by atoms with Crippen LogP contribution in [0.5, 0.6) is 0 Å². The van der Waals surface area contributed by atoms with E-state index in [-0.39, 0.29) is 29.9 Å². The number of nitrogens with one attached hydrogen (secondary N) is 2. The van der Waals surface area contributed by atoms with Crippen LogP contribution in [-0.4, -0.2) is 57.4 Å². The Hall–Kier alpha value is -2.38. The number of carboxylic acid groups (broad SMARTS) is 1. The van der Waals surface area contributed by atoms with E-state index in [1.807, 2.05) is 0 Å². The van der Waals surface area contributed by atoms with Crippen molar-refractivity contribution in [1.29, 1.82) is 0 Å². The van der Waals surface area contributed by atoms with E-state index in [0.717, 1.165) is 24.1 Å². The van der Waals surface area contributed by atoms with Crippen molar-refractivity contribution in [2.75, 3.05) is 13.6 Å². The molecule has 1 aromatic rings. The first kappa shape index (κ1) is 13.1. The molecule has 1 fully saturated rings. The second kappa shape index (κ2) is 5.09. The summed E-state index contributed by atoms with van der Waals surface area (Å²) < 4.78 is 0. The first-order valence-electron chi connectivity index (χ1n) is 5.80. The molecule has 8 nitrogen and oxygen atoms in total. The van der Waals surface area contributed by atoms with Gasteiger partial charge in [-0.15, -0.1) is 0 Å². The van der Waals surface area contributed by atoms with E-state index >= 15 is 0 Å². The van der Waals surface area contributed by atoms with Crippen LogP contribution < -0.4 is 5.32 Å². The van der Waals surface area contributed by atoms with Crippen LogP contribution in [0, 0.1) is 0 Å². The summed E-state index contributed by atoms with van der Waals surface area (Å²) in [6.45, 7) is -0.124. The van der Waals surface area contributed by atoms with Crippen molar-refractivity contribution in [2.45, 2.75) is 18.9 Å². The highest BCUT2D eigenvalue weighted by atomic mass is 16.4. The second-order valence-corrected chi connectivity index (χ2v) is 4.43. The number of imidazole rings is 1. The summed E-state index contributed by atoms with van der Waals surface area (Å²) in [4.78, 5) is 41.6. The van der Waals surface area contributed by atoms with Crippen LogP contribution in [0.25, 0.3) is 0 Å². The minimum Gasteiger partial charge on any atom is -0.477 e. The standard InChI is InChI=1S/C11H14N4O4/c1-15(4-7(16)14-6-2-3-6)10(17)8-9(11(18)19)13-5-12-8/h5-6H,2-4H2,1H3,(H,12,13)(H,14,16)(H,18,19). The number of nitrogens with zero attached hydrogens (tertiary/aromatic N) is 2. The summed E-state index contributed by atoms with van der Waals surface area (Å²) in [6.07, 6.45) is 3.06. The lowest BCUT2D eigenvalue weighted by Crippen LogP contribution is -2.39. The lowest BCUT2D eigenvalue weighted by atomic mass is 10.3. The molecule has 3 N–H and O–H groups in total. The van der Waals surface area contributed by atoms with Gasteiger partial charge >= 0.3 is 5.97 Å². The van der Waals surface area contributed by atoms with Crippen molar-refractivity contribution in [3.05, 3.63) is 17.7 Å². The first-order chi connectivity index (χ1) is 8.99. The molecule has 8 heteroatoms. The van der Waals surface area contributed by atoms with Gasteiger partial charge in [0.1, 0.15) is 0 Å². The number of aromatic nitrogens is 2. The molecule has 0 radical (unpaired) electrons. The Morgan fingerprint density at radius 3 is 2.79 bits per heavy atom. The fraction of sp³-hybridized carbons (Fsp3) is 0.455. The number of carbonyl (C=O) groups is 3. The third kappa shape index (κ3) is 3.09. The quantitative estimate of drug-likeness (QED) is 0.662. The van der Waals surface area contributed by atoms with Crippen molar-refractivity contribution in [3.63, 3.8) is 0 Å². The number of aromatic carboxylic acids is 1. The van der Waals surface area contributed by atoms with Crippen LogP contribution >= 0.6 is 0 Å². The molecule has 1 aromatic heterocycles. The minimum absolute atomic E-state index is 0.124. The topological polar surface area (TPSA) is 115 Å². The minimum atomic E-state index is -1.27. The lowest BCUT2D eigenvalue weighted by molar-refractivity contribution is -0.121. The molecule has 1 heterocycles. The zero-order valence-corrected chi connectivity index (χ0v) is 10.3. The van der Waals surface area contributed by atoms with E-state index in [1.165, 1.54) is 7.05 Å². The second-order valence-electron chi connectivity index (χ2n) is 4.43. The Balaban J connectivity index is 1.99. The van der Waals surface area contributed by atoms with E-state index in [0.29, 0.717) is 0 Å². The summed E-state index contributed by atoms with van der Waals surface area (Å²) in [7, 11) is 1.43. The van der Waals surface area contributed by atoms with Crippen molar-refractivity contribution in [1.82, 2.24) is 20.2 Å². The van der Waals surface area contributed by atoms with Gasteiger partial charge in [-0.1, -0.05) is 0 Å². The maximum absolute atomic E-state index is 12.0. The summed E-state index contributed by atoms with van der Waals surface area (Å²) in [6, 6.07) is 0.218. The highest BCUT2D eigenvalue weighted by Gasteiger charge is 2.26. The number of rotatable bonds is 5. The molecular weight excluding hydrogens is 252 g/mol. The van der Waals surface area contributed by atoms with Gasteiger partial charge in [0.05, 0.1) is 12.9 Å². The van der Waals surface area contributed by atoms with E-state index in [4.69, 9.17) is 5.11 Å². The molecule has 0 aromatic carbocycles. The largest absolute Gasteiger partial charge is 0.477 e. The van der Waals surface area contributed by atoms with Crippen LogP contribution in [0.2, 0.25) is 0 Å². The molecule has 0 spiro atoms. The van der Waals surface area contributed by atoms with Crippen molar-refractivity contribution < 1.29 is 19.5 Å². The molecule has 1 saturated carbocycles. The van der Waals surface area contributed by atoms with Crippen LogP contribution in [0.4, 0.5) is 0 Å². The maximum Gasteiger partial charge on any atom is 0.354 e. The van der Waals surface area contributed by atoms with Crippen molar-refractivity contribution >= 4 is 17.8 Å². The molecule has 19 heavy (non-hydrogen) atoms. The Kier molecular flexibility index (Phi) is 3.50. The van der Waals surface area contributed by atoms with Crippen molar-refractivity contribution in [3.8, 4) is 0 Å². The summed E-state index contributed by atoms with van der Waals surface area (Å²) in [5.74, 6) is -2.13. The molecule has 1 aliphatic rings. The third-order valence-electron chi connectivity index (χ3n) is 2.73. The predicted octanol–water partition coefficient (Wildman–Crippen LogP) is -0.541. The van der Waals surface area contributed by atoms with Crippen LogP contribution in [-0.2, 0) is 4.79 Å². The Bertz CT molecular complexity index is 521. The molecule has 0 aliphatic heterocycles. The van der Waals surface area contributed by atoms with Crippen molar-refractivity contribution in [2.24, 2.45) is 0 Å². The van der Waals surface area contributed by atoms with E-state index < -0.39 is 11.9 Å². The normalized spacial score (nSPS) is 13.9. The average Bonchev–Trinajstić information content (AvgIpc) is 3.00. The van der Waals surface area contributed by atoms with Gasteiger partial charge in [0.2, 0.25) is 5.91 Å². The Morgan fingerprint density at radius 2 is 2.21 bits per heavy atom. The number of amides is 2. The molecule has 102 valence electrons. The number of hydrogen-bond donors (Lipinski definition) is 3. The molecule has 0 bridgehead atoms. The van der Waals surface area contributed by atoms with E-state index in [2.05, 4.69) is 15.3 Å². The Morgan fingerprint density at radius 1 is 1.53 bits per heavy atom. The number of carbonyl (C=O) groups excluding carboxylic acids is 2. The zero-order chi connectivity index (χ0) is 14.0. The molecular formula is C11H14N4O4. The van der Waals surface area contributed by atoms with Crippen LogP contribution in [0.1, 0.15) is 33.8 Å². The average molecular weight is 266 g/mol. The van der Waals surface area contributed by atoms with Gasteiger partial charge in [-0.2, -0.15) is 0 Å². The molecule has 0 unspecified atom stereocenters.